The summed E-state index contributed by atoms with van der Waals surface area (Å²) in [6, 6.07) is 0.840. The highest BCUT2D eigenvalue weighted by atomic mass is 15.0. The first kappa shape index (κ1) is 15.1. The quantitative estimate of drug-likeness (QED) is 0.832. The van der Waals surface area contributed by atoms with Gasteiger partial charge in [0.25, 0.3) is 0 Å². The van der Waals surface area contributed by atoms with Crippen LogP contribution in [0.3, 0.4) is 0 Å². The predicted octanol–water partition coefficient (Wildman–Crippen LogP) is 3.55. The Hall–Kier alpha value is -0.830. The lowest BCUT2D eigenvalue weighted by atomic mass is 9.71. The molecule has 0 bridgehead atoms. The topological polar surface area (TPSA) is 29.9 Å². The summed E-state index contributed by atoms with van der Waals surface area (Å²) in [6.07, 6.45) is 15.0. The van der Waals surface area contributed by atoms with Crippen molar-refractivity contribution < 1.29 is 0 Å². The summed E-state index contributed by atoms with van der Waals surface area (Å²) in [5.74, 6) is 3.91. The fourth-order valence-corrected chi connectivity index (χ4v) is 4.05. The Morgan fingerprint density at radius 2 is 2.10 bits per heavy atom. The average Bonchev–Trinajstić information content (AvgIpc) is 3.22. The Morgan fingerprint density at radius 1 is 1.24 bits per heavy atom. The van der Waals surface area contributed by atoms with E-state index in [1.165, 1.54) is 63.7 Å². The SMILES string of the molecule is CCCC1CCC(CNC2CC2)C(Cc2nccn2C)C1. The molecule has 3 nitrogen and oxygen atoms in total. The smallest absolute Gasteiger partial charge is 0.108 e. The predicted molar refractivity (Wildman–Crippen MR) is 87.2 cm³/mol. The van der Waals surface area contributed by atoms with Crippen LogP contribution in [0.2, 0.25) is 0 Å². The third-order valence-corrected chi connectivity index (χ3v) is 5.56. The molecule has 0 saturated heterocycles. The number of nitrogens with one attached hydrogen (secondary N) is 1. The molecule has 1 aromatic rings. The van der Waals surface area contributed by atoms with Gasteiger partial charge in [-0.25, -0.2) is 4.98 Å². The third-order valence-electron chi connectivity index (χ3n) is 5.56. The minimum Gasteiger partial charge on any atom is -0.338 e. The molecule has 118 valence electrons. The van der Waals surface area contributed by atoms with Crippen molar-refractivity contribution in [3.63, 3.8) is 0 Å². The third kappa shape index (κ3) is 4.09. The molecule has 1 aromatic heterocycles. The maximum Gasteiger partial charge on any atom is 0.108 e. The second kappa shape index (κ2) is 6.95. The second-order valence-corrected chi connectivity index (χ2v) is 7.33. The van der Waals surface area contributed by atoms with Crippen LogP contribution in [0.15, 0.2) is 12.4 Å². The van der Waals surface area contributed by atoms with Crippen molar-refractivity contribution >= 4 is 0 Å². The van der Waals surface area contributed by atoms with Crippen LogP contribution in [0, 0.1) is 17.8 Å². The van der Waals surface area contributed by atoms with Gasteiger partial charge in [-0.2, -0.15) is 0 Å². The van der Waals surface area contributed by atoms with Gasteiger partial charge >= 0.3 is 0 Å². The molecule has 21 heavy (non-hydrogen) atoms. The van der Waals surface area contributed by atoms with Gasteiger partial charge in [0.1, 0.15) is 5.82 Å². The van der Waals surface area contributed by atoms with Crippen molar-refractivity contribution in [3.8, 4) is 0 Å². The van der Waals surface area contributed by atoms with Crippen LogP contribution in [-0.4, -0.2) is 22.1 Å². The first-order valence-corrected chi connectivity index (χ1v) is 8.95. The minimum absolute atomic E-state index is 0.822. The van der Waals surface area contributed by atoms with Crippen molar-refractivity contribution in [2.45, 2.75) is 64.3 Å². The summed E-state index contributed by atoms with van der Waals surface area (Å²) >= 11 is 0. The molecule has 0 amide bonds. The Labute approximate surface area is 129 Å². The summed E-state index contributed by atoms with van der Waals surface area (Å²) in [5, 5.41) is 3.77. The van der Waals surface area contributed by atoms with Gasteiger partial charge in [-0.15, -0.1) is 0 Å². The zero-order valence-corrected chi connectivity index (χ0v) is 13.7. The standard InChI is InChI=1S/C18H31N3/c1-3-4-14-5-6-15(13-20-17-7-8-17)16(11-14)12-18-19-9-10-21(18)2/h9-10,14-17,20H,3-8,11-13H2,1-2H3. The first-order valence-electron chi connectivity index (χ1n) is 8.95. The molecule has 0 aromatic carbocycles. The number of hydrogen-bond acceptors (Lipinski definition) is 2. The molecule has 0 aliphatic heterocycles. The van der Waals surface area contributed by atoms with Gasteiger partial charge in [-0.05, 0) is 50.0 Å². The lowest BCUT2D eigenvalue weighted by molar-refractivity contribution is 0.164. The number of nitrogens with zero attached hydrogens (tertiary/aromatic N) is 2. The largest absolute Gasteiger partial charge is 0.338 e. The molecular formula is C18H31N3. The zero-order chi connectivity index (χ0) is 14.7. The molecule has 0 radical (unpaired) electrons. The molecule has 2 fully saturated rings. The van der Waals surface area contributed by atoms with Crippen LogP contribution >= 0.6 is 0 Å². The van der Waals surface area contributed by atoms with Crippen LogP contribution in [0.5, 0.6) is 0 Å². The van der Waals surface area contributed by atoms with E-state index in [0.717, 1.165) is 23.8 Å². The van der Waals surface area contributed by atoms with E-state index >= 15 is 0 Å². The maximum atomic E-state index is 4.57. The van der Waals surface area contributed by atoms with Gasteiger partial charge < -0.3 is 9.88 Å². The summed E-state index contributed by atoms with van der Waals surface area (Å²) in [6.45, 7) is 3.56. The fourth-order valence-electron chi connectivity index (χ4n) is 4.05. The van der Waals surface area contributed by atoms with Crippen LogP contribution < -0.4 is 5.32 Å². The van der Waals surface area contributed by atoms with Gasteiger partial charge in [-0.3, -0.25) is 0 Å². The fraction of sp³-hybridized carbons (Fsp3) is 0.833. The Kier molecular flexibility index (Phi) is 4.99. The van der Waals surface area contributed by atoms with Gasteiger partial charge in [0.2, 0.25) is 0 Å². The maximum absolute atomic E-state index is 4.57. The molecule has 2 aliphatic carbocycles. The summed E-state index contributed by atoms with van der Waals surface area (Å²) in [4.78, 5) is 4.57. The van der Waals surface area contributed by atoms with Crippen LogP contribution in [-0.2, 0) is 13.5 Å². The molecule has 3 atom stereocenters. The molecule has 1 N–H and O–H groups in total. The lowest BCUT2D eigenvalue weighted by Crippen LogP contribution is -2.35. The summed E-state index contributed by atoms with van der Waals surface area (Å²) in [5.41, 5.74) is 0. The monoisotopic (exact) mass is 289 g/mol. The second-order valence-electron chi connectivity index (χ2n) is 7.33. The molecular weight excluding hydrogens is 258 g/mol. The van der Waals surface area contributed by atoms with E-state index in [4.69, 9.17) is 0 Å². The Balaban J connectivity index is 1.61. The molecule has 2 aliphatic rings. The van der Waals surface area contributed by atoms with Crippen molar-refractivity contribution in [2.24, 2.45) is 24.8 Å². The molecule has 3 rings (SSSR count). The highest BCUT2D eigenvalue weighted by Gasteiger charge is 2.32. The first-order chi connectivity index (χ1) is 10.3. The molecule has 3 unspecified atom stereocenters. The normalized spacial score (nSPS) is 29.7. The molecule has 2 saturated carbocycles. The van der Waals surface area contributed by atoms with Crippen molar-refractivity contribution in [2.75, 3.05) is 6.54 Å². The minimum atomic E-state index is 0.822. The van der Waals surface area contributed by atoms with Gasteiger partial charge in [0, 0.05) is 31.9 Å². The van der Waals surface area contributed by atoms with E-state index in [9.17, 15) is 0 Å². The van der Waals surface area contributed by atoms with Crippen LogP contribution in [0.25, 0.3) is 0 Å². The van der Waals surface area contributed by atoms with Crippen molar-refractivity contribution in [3.05, 3.63) is 18.2 Å². The van der Waals surface area contributed by atoms with E-state index in [2.05, 4.69) is 35.0 Å². The Bertz CT molecular complexity index is 435. The zero-order valence-electron chi connectivity index (χ0n) is 13.7. The van der Waals surface area contributed by atoms with Gasteiger partial charge in [0.05, 0.1) is 0 Å². The number of hydrogen-bond donors (Lipinski definition) is 1. The number of aromatic nitrogens is 2. The number of rotatable bonds is 7. The van der Waals surface area contributed by atoms with Gasteiger partial charge in [0.15, 0.2) is 0 Å². The lowest BCUT2D eigenvalue weighted by Gasteiger charge is -2.36. The van der Waals surface area contributed by atoms with Crippen LogP contribution in [0.4, 0.5) is 0 Å². The number of imidazole rings is 1. The number of aryl methyl sites for hydroxylation is 1. The molecule has 1 heterocycles. The Morgan fingerprint density at radius 3 is 2.76 bits per heavy atom. The van der Waals surface area contributed by atoms with Crippen molar-refractivity contribution in [1.29, 1.82) is 0 Å². The van der Waals surface area contributed by atoms with Crippen LogP contribution in [0.1, 0.15) is 57.7 Å². The van der Waals surface area contributed by atoms with E-state index in [0.29, 0.717) is 0 Å². The highest BCUT2D eigenvalue weighted by Crippen LogP contribution is 2.38. The van der Waals surface area contributed by atoms with E-state index in [1.54, 1.807) is 0 Å². The molecule has 0 spiro atoms. The summed E-state index contributed by atoms with van der Waals surface area (Å²) in [7, 11) is 2.13. The molecule has 3 heteroatoms. The van der Waals surface area contributed by atoms with E-state index < -0.39 is 0 Å². The van der Waals surface area contributed by atoms with E-state index in [-0.39, 0.29) is 0 Å². The van der Waals surface area contributed by atoms with Gasteiger partial charge in [-0.1, -0.05) is 26.2 Å². The highest BCUT2D eigenvalue weighted by molar-refractivity contribution is 4.96. The summed E-state index contributed by atoms with van der Waals surface area (Å²) < 4.78 is 2.20. The van der Waals surface area contributed by atoms with E-state index in [1.807, 2.05) is 6.20 Å². The van der Waals surface area contributed by atoms with Crippen molar-refractivity contribution in [1.82, 2.24) is 14.9 Å². The average molecular weight is 289 g/mol.